The summed E-state index contributed by atoms with van der Waals surface area (Å²) in [6.45, 7) is 4.28. The third-order valence-electron chi connectivity index (χ3n) is 4.84. The molecule has 1 unspecified atom stereocenters. The van der Waals surface area contributed by atoms with E-state index in [9.17, 15) is 9.59 Å². The van der Waals surface area contributed by atoms with Crippen LogP contribution in [0.2, 0.25) is 0 Å². The Labute approximate surface area is 142 Å². The van der Waals surface area contributed by atoms with Crippen LogP contribution in [-0.4, -0.2) is 49.2 Å². The number of hydrogen-bond donors (Lipinski definition) is 0. The van der Waals surface area contributed by atoms with E-state index in [0.29, 0.717) is 37.7 Å². The molecule has 0 radical (unpaired) electrons. The summed E-state index contributed by atoms with van der Waals surface area (Å²) in [6.07, 6.45) is 3.67. The molecule has 0 N–H and O–H groups in total. The molecule has 130 valence electrons. The van der Waals surface area contributed by atoms with E-state index < -0.39 is 6.04 Å². The summed E-state index contributed by atoms with van der Waals surface area (Å²) in [6, 6.07) is 7.33. The molecule has 0 spiro atoms. The minimum atomic E-state index is -0.445. The second-order valence-corrected chi connectivity index (χ2v) is 6.45. The van der Waals surface area contributed by atoms with Crippen LogP contribution in [0.25, 0.3) is 0 Å². The van der Waals surface area contributed by atoms with Gasteiger partial charge in [-0.25, -0.2) is 4.79 Å². The van der Waals surface area contributed by atoms with E-state index in [1.807, 2.05) is 18.2 Å². The molecule has 2 aliphatic heterocycles. The molecule has 0 saturated carbocycles. The topological polar surface area (TPSA) is 55.8 Å². The molecule has 24 heavy (non-hydrogen) atoms. The fourth-order valence-electron chi connectivity index (χ4n) is 3.59. The Morgan fingerprint density at radius 3 is 2.92 bits per heavy atom. The first-order chi connectivity index (χ1) is 11.7. The Balaban J connectivity index is 1.75. The number of likely N-dealkylation sites (tertiary alicyclic amines) is 1. The highest BCUT2D eigenvalue weighted by molar-refractivity contribution is 5.97. The number of carbonyl (C=O) groups is 2. The van der Waals surface area contributed by atoms with Crippen LogP contribution in [0.3, 0.4) is 0 Å². The lowest BCUT2D eigenvalue weighted by Crippen LogP contribution is -2.41. The summed E-state index contributed by atoms with van der Waals surface area (Å²) >= 11 is 0. The summed E-state index contributed by atoms with van der Waals surface area (Å²) in [4.78, 5) is 26.6. The van der Waals surface area contributed by atoms with Gasteiger partial charge >= 0.3 is 5.97 Å². The Morgan fingerprint density at radius 2 is 2.17 bits per heavy atom. The van der Waals surface area contributed by atoms with E-state index in [-0.39, 0.29) is 11.9 Å². The van der Waals surface area contributed by atoms with Crippen LogP contribution >= 0.6 is 0 Å². The van der Waals surface area contributed by atoms with Gasteiger partial charge in [-0.2, -0.15) is 0 Å². The summed E-state index contributed by atoms with van der Waals surface area (Å²) in [5.41, 5.74) is 1.79. The summed E-state index contributed by atoms with van der Waals surface area (Å²) in [5.74, 6) is -0.0183. The number of esters is 1. The van der Waals surface area contributed by atoms with Gasteiger partial charge < -0.3 is 14.4 Å². The highest BCUT2D eigenvalue weighted by atomic mass is 16.5. The van der Waals surface area contributed by atoms with Gasteiger partial charge in [0.2, 0.25) is 0 Å². The highest BCUT2D eigenvalue weighted by Gasteiger charge is 2.35. The first-order valence-electron chi connectivity index (χ1n) is 8.86. The maximum Gasteiger partial charge on any atom is 0.328 e. The quantitative estimate of drug-likeness (QED) is 0.796. The van der Waals surface area contributed by atoms with Crippen LogP contribution in [0.1, 0.15) is 54.4 Å². The maximum atomic E-state index is 12.9. The number of amides is 1. The normalized spacial score (nSPS) is 24.0. The van der Waals surface area contributed by atoms with E-state index in [2.05, 4.69) is 6.07 Å². The van der Waals surface area contributed by atoms with Gasteiger partial charge in [0.1, 0.15) is 6.04 Å². The van der Waals surface area contributed by atoms with Gasteiger partial charge in [-0.1, -0.05) is 12.1 Å². The molecule has 1 amide bonds. The number of nitrogens with zero attached hydrogens (tertiary/aromatic N) is 1. The Kier molecular flexibility index (Phi) is 5.51. The number of carbonyl (C=O) groups excluding carboxylic acids is 2. The first kappa shape index (κ1) is 17.0. The fraction of sp³-hybridized carbons (Fsp3) is 0.579. The molecule has 3 rings (SSSR count). The zero-order chi connectivity index (χ0) is 16.9. The molecule has 2 saturated heterocycles. The SMILES string of the molecule is CCOC(=O)[C@H]1CCCN1C(=O)c1cccc(C2CCCOC2)c1. The molecule has 2 aliphatic rings. The summed E-state index contributed by atoms with van der Waals surface area (Å²) in [5, 5.41) is 0. The van der Waals surface area contributed by atoms with Crippen molar-refractivity contribution in [3.05, 3.63) is 35.4 Å². The van der Waals surface area contributed by atoms with Gasteiger partial charge in [-0.3, -0.25) is 4.79 Å². The Hall–Kier alpha value is -1.88. The zero-order valence-electron chi connectivity index (χ0n) is 14.2. The lowest BCUT2D eigenvalue weighted by Gasteiger charge is -2.25. The molecule has 2 fully saturated rings. The van der Waals surface area contributed by atoms with Crippen LogP contribution in [0, 0.1) is 0 Å². The molecule has 0 bridgehead atoms. The Bertz CT molecular complexity index is 595. The lowest BCUT2D eigenvalue weighted by atomic mass is 9.92. The zero-order valence-corrected chi connectivity index (χ0v) is 14.2. The minimum Gasteiger partial charge on any atom is -0.464 e. The smallest absolute Gasteiger partial charge is 0.328 e. The number of rotatable bonds is 4. The lowest BCUT2D eigenvalue weighted by molar-refractivity contribution is -0.147. The number of hydrogen-bond acceptors (Lipinski definition) is 4. The standard InChI is InChI=1S/C19H25NO4/c1-2-24-19(22)17-9-4-10-20(17)18(21)15-7-3-6-14(12-15)16-8-5-11-23-13-16/h3,6-7,12,16-17H,2,4-5,8-11,13H2,1H3/t16?,17-/m1/s1. The fourth-order valence-corrected chi connectivity index (χ4v) is 3.59. The Morgan fingerprint density at radius 1 is 1.29 bits per heavy atom. The molecule has 2 heterocycles. The average Bonchev–Trinajstić information content (AvgIpc) is 3.12. The third kappa shape index (κ3) is 3.61. The van der Waals surface area contributed by atoms with Gasteiger partial charge in [0.15, 0.2) is 0 Å². The van der Waals surface area contributed by atoms with Crippen molar-refractivity contribution in [2.24, 2.45) is 0 Å². The van der Waals surface area contributed by atoms with Crippen LogP contribution < -0.4 is 0 Å². The summed E-state index contributed by atoms with van der Waals surface area (Å²) < 4.78 is 10.7. The van der Waals surface area contributed by atoms with Gasteiger partial charge in [0, 0.05) is 24.6 Å². The largest absolute Gasteiger partial charge is 0.464 e. The van der Waals surface area contributed by atoms with E-state index in [4.69, 9.17) is 9.47 Å². The van der Waals surface area contributed by atoms with Crippen LogP contribution in [0.15, 0.2) is 24.3 Å². The van der Waals surface area contributed by atoms with Crippen molar-refractivity contribution in [2.45, 2.75) is 44.6 Å². The van der Waals surface area contributed by atoms with Crippen LogP contribution in [0.4, 0.5) is 0 Å². The van der Waals surface area contributed by atoms with E-state index in [1.165, 1.54) is 0 Å². The van der Waals surface area contributed by atoms with Crippen molar-refractivity contribution in [3.8, 4) is 0 Å². The second kappa shape index (κ2) is 7.79. The predicted octanol–water partition coefficient (Wildman–Crippen LogP) is 2.75. The molecule has 1 aromatic rings. The van der Waals surface area contributed by atoms with E-state index in [0.717, 1.165) is 31.4 Å². The average molecular weight is 331 g/mol. The van der Waals surface area contributed by atoms with Gasteiger partial charge in [0.05, 0.1) is 13.2 Å². The van der Waals surface area contributed by atoms with Gasteiger partial charge in [-0.05, 0) is 50.3 Å². The third-order valence-corrected chi connectivity index (χ3v) is 4.84. The summed E-state index contributed by atoms with van der Waals surface area (Å²) in [7, 11) is 0. The second-order valence-electron chi connectivity index (χ2n) is 6.45. The van der Waals surface area contributed by atoms with Crippen molar-refractivity contribution < 1.29 is 19.1 Å². The van der Waals surface area contributed by atoms with Crippen LogP contribution in [0.5, 0.6) is 0 Å². The van der Waals surface area contributed by atoms with Crippen LogP contribution in [-0.2, 0) is 14.3 Å². The predicted molar refractivity (Wildman–Crippen MR) is 89.9 cm³/mol. The molecule has 5 heteroatoms. The van der Waals surface area contributed by atoms with Gasteiger partial charge in [0.25, 0.3) is 5.91 Å². The van der Waals surface area contributed by atoms with Gasteiger partial charge in [-0.15, -0.1) is 0 Å². The van der Waals surface area contributed by atoms with Crippen molar-refractivity contribution in [1.82, 2.24) is 4.90 Å². The van der Waals surface area contributed by atoms with Crippen molar-refractivity contribution in [1.29, 1.82) is 0 Å². The molecule has 0 aliphatic carbocycles. The molecule has 0 aromatic heterocycles. The number of benzene rings is 1. The monoisotopic (exact) mass is 331 g/mol. The molecular formula is C19H25NO4. The van der Waals surface area contributed by atoms with Crippen molar-refractivity contribution in [2.75, 3.05) is 26.4 Å². The van der Waals surface area contributed by atoms with Crippen molar-refractivity contribution in [3.63, 3.8) is 0 Å². The molecule has 5 nitrogen and oxygen atoms in total. The molecule has 2 atom stereocenters. The molecular weight excluding hydrogens is 306 g/mol. The van der Waals surface area contributed by atoms with Crippen molar-refractivity contribution >= 4 is 11.9 Å². The number of ether oxygens (including phenoxy) is 2. The highest BCUT2D eigenvalue weighted by Crippen LogP contribution is 2.27. The van der Waals surface area contributed by atoms with E-state index in [1.54, 1.807) is 11.8 Å². The first-order valence-corrected chi connectivity index (χ1v) is 8.86. The minimum absolute atomic E-state index is 0.0795. The molecule has 1 aromatic carbocycles. The maximum absolute atomic E-state index is 12.9. The van der Waals surface area contributed by atoms with E-state index >= 15 is 0 Å².